The lowest BCUT2D eigenvalue weighted by Gasteiger charge is -2.28. The number of halogens is 1. The van der Waals surface area contributed by atoms with Crippen LogP contribution in [0.15, 0.2) is 78.9 Å². The molecule has 1 saturated carbocycles. The van der Waals surface area contributed by atoms with Crippen molar-refractivity contribution in [2.24, 2.45) is 11.8 Å². The summed E-state index contributed by atoms with van der Waals surface area (Å²) in [4.78, 5) is 40.5. The number of benzene rings is 3. The van der Waals surface area contributed by atoms with Crippen molar-refractivity contribution in [2.75, 3.05) is 10.2 Å². The summed E-state index contributed by atoms with van der Waals surface area (Å²) in [5.41, 5.74) is 2.65. The maximum Gasteiger partial charge on any atom is 0.255 e. The third kappa shape index (κ3) is 4.16. The second kappa shape index (κ2) is 8.83. The average molecular weight is 459 g/mol. The molecule has 5 nitrogen and oxygen atoms in total. The molecule has 1 aliphatic carbocycles. The van der Waals surface area contributed by atoms with Gasteiger partial charge in [-0.15, -0.1) is 0 Å². The molecule has 3 aromatic rings. The van der Waals surface area contributed by atoms with E-state index in [-0.39, 0.29) is 35.5 Å². The second-order valence-electron chi connectivity index (χ2n) is 8.66. The highest BCUT2D eigenvalue weighted by Gasteiger charge is 2.50. The molecule has 1 heterocycles. The third-order valence-electron chi connectivity index (χ3n) is 6.67. The van der Waals surface area contributed by atoms with Gasteiger partial charge < -0.3 is 5.32 Å². The number of carbonyl (C=O) groups is 3. The molecule has 0 aromatic heterocycles. The lowest BCUT2D eigenvalue weighted by atomic mass is 9.73. The number of anilines is 2. The molecule has 6 heteroatoms. The van der Waals surface area contributed by atoms with Crippen LogP contribution >= 0.6 is 11.6 Å². The maximum absolute atomic E-state index is 13.3. The van der Waals surface area contributed by atoms with E-state index < -0.39 is 0 Å². The predicted molar refractivity (Wildman–Crippen MR) is 128 cm³/mol. The zero-order valence-corrected chi connectivity index (χ0v) is 18.7. The normalized spacial score (nSPS) is 22.2. The Hall–Kier alpha value is -3.44. The molecular weight excluding hydrogens is 436 g/mol. The Balaban J connectivity index is 1.35. The highest BCUT2D eigenvalue weighted by atomic mass is 35.5. The summed E-state index contributed by atoms with van der Waals surface area (Å²) < 4.78 is 0. The molecule has 0 bridgehead atoms. The van der Waals surface area contributed by atoms with Crippen molar-refractivity contribution in [2.45, 2.75) is 25.2 Å². The van der Waals surface area contributed by atoms with Gasteiger partial charge in [-0.25, -0.2) is 0 Å². The molecule has 166 valence electrons. The number of carbonyl (C=O) groups excluding carboxylic acids is 3. The van der Waals surface area contributed by atoms with Crippen LogP contribution in [0.2, 0.25) is 5.02 Å². The van der Waals surface area contributed by atoms with E-state index in [1.54, 1.807) is 48.5 Å². The molecule has 3 atom stereocenters. The minimum Gasteiger partial charge on any atom is -0.322 e. The molecule has 2 aliphatic rings. The van der Waals surface area contributed by atoms with Crippen LogP contribution in [-0.2, 0) is 9.59 Å². The van der Waals surface area contributed by atoms with E-state index in [4.69, 9.17) is 11.6 Å². The Morgan fingerprint density at radius 3 is 2.33 bits per heavy atom. The van der Waals surface area contributed by atoms with Crippen LogP contribution in [0.3, 0.4) is 0 Å². The zero-order valence-electron chi connectivity index (χ0n) is 17.9. The molecule has 0 spiro atoms. The topological polar surface area (TPSA) is 66.5 Å². The Bertz CT molecular complexity index is 1210. The highest BCUT2D eigenvalue weighted by molar-refractivity contribution is 6.30. The van der Waals surface area contributed by atoms with E-state index in [2.05, 4.69) is 17.4 Å². The number of fused-ring (bicyclic) bond motifs is 1. The van der Waals surface area contributed by atoms with Gasteiger partial charge in [0.25, 0.3) is 5.91 Å². The van der Waals surface area contributed by atoms with E-state index in [0.29, 0.717) is 34.8 Å². The van der Waals surface area contributed by atoms with Crippen molar-refractivity contribution < 1.29 is 14.4 Å². The van der Waals surface area contributed by atoms with Gasteiger partial charge in [-0.05, 0) is 73.2 Å². The monoisotopic (exact) mass is 458 g/mol. The fourth-order valence-corrected chi connectivity index (χ4v) is 5.11. The lowest BCUT2D eigenvalue weighted by molar-refractivity contribution is -0.122. The van der Waals surface area contributed by atoms with Crippen LogP contribution in [0.25, 0.3) is 0 Å². The SMILES string of the molecule is O=C(Nc1ccc(Cl)cc1)c1cccc(N2C(=O)[C@H]3CC[C@@H](c4ccccc4)C[C@@H]3C2=O)c1. The summed E-state index contributed by atoms with van der Waals surface area (Å²) in [5.74, 6) is -0.972. The largest absolute Gasteiger partial charge is 0.322 e. The summed E-state index contributed by atoms with van der Waals surface area (Å²) in [7, 11) is 0. The second-order valence-corrected chi connectivity index (χ2v) is 9.09. The first-order chi connectivity index (χ1) is 16.0. The number of nitrogens with one attached hydrogen (secondary N) is 1. The molecule has 3 amide bonds. The molecular formula is C27H23ClN2O3. The van der Waals surface area contributed by atoms with Crippen LogP contribution in [0.5, 0.6) is 0 Å². The molecule has 1 aliphatic heterocycles. The van der Waals surface area contributed by atoms with Gasteiger partial charge in [0.1, 0.15) is 0 Å². The smallest absolute Gasteiger partial charge is 0.255 e. The first-order valence-electron chi connectivity index (χ1n) is 11.1. The number of imide groups is 1. The van der Waals surface area contributed by atoms with Gasteiger partial charge in [0.15, 0.2) is 0 Å². The van der Waals surface area contributed by atoms with Gasteiger partial charge in [0.05, 0.1) is 17.5 Å². The molecule has 1 saturated heterocycles. The van der Waals surface area contributed by atoms with Crippen LogP contribution in [0, 0.1) is 11.8 Å². The number of hydrogen-bond acceptors (Lipinski definition) is 3. The van der Waals surface area contributed by atoms with Crippen molar-refractivity contribution in [1.82, 2.24) is 0 Å². The standard InChI is InChI=1S/C27H23ClN2O3/c28-20-10-12-21(13-11-20)29-25(31)19-7-4-8-22(15-19)30-26(32)23-14-9-18(16-24(23)27(30)33)17-5-2-1-3-6-17/h1-8,10-13,15,18,23-24H,9,14,16H2,(H,29,31)/t18-,23+,24+/m1/s1. The first-order valence-corrected chi connectivity index (χ1v) is 11.5. The van der Waals surface area contributed by atoms with Gasteiger partial charge in [-0.3, -0.25) is 19.3 Å². The van der Waals surface area contributed by atoms with Crippen LogP contribution < -0.4 is 10.2 Å². The quantitative estimate of drug-likeness (QED) is 0.512. The lowest BCUT2D eigenvalue weighted by Crippen LogP contribution is -2.31. The fourth-order valence-electron chi connectivity index (χ4n) is 4.98. The first kappa shape index (κ1) is 21.4. The van der Waals surface area contributed by atoms with E-state index in [1.165, 1.54) is 10.5 Å². The third-order valence-corrected chi connectivity index (χ3v) is 6.92. The zero-order chi connectivity index (χ0) is 22.9. The molecule has 3 aromatic carbocycles. The van der Waals surface area contributed by atoms with E-state index in [9.17, 15) is 14.4 Å². The minimum atomic E-state index is -0.320. The van der Waals surface area contributed by atoms with Gasteiger partial charge in [-0.1, -0.05) is 48.0 Å². The van der Waals surface area contributed by atoms with Gasteiger partial charge in [0.2, 0.25) is 11.8 Å². The Labute approximate surface area is 197 Å². The average Bonchev–Trinajstić information content (AvgIpc) is 3.10. The number of amides is 3. The molecule has 2 fully saturated rings. The molecule has 5 rings (SSSR count). The van der Waals surface area contributed by atoms with E-state index >= 15 is 0 Å². The Morgan fingerprint density at radius 1 is 0.848 bits per heavy atom. The molecule has 1 N–H and O–H groups in total. The maximum atomic E-state index is 13.3. The van der Waals surface area contributed by atoms with Crippen LogP contribution in [-0.4, -0.2) is 17.7 Å². The molecule has 33 heavy (non-hydrogen) atoms. The van der Waals surface area contributed by atoms with Crippen molar-refractivity contribution in [3.63, 3.8) is 0 Å². The summed E-state index contributed by atoms with van der Waals surface area (Å²) in [5, 5.41) is 3.39. The summed E-state index contributed by atoms with van der Waals surface area (Å²) in [6, 6.07) is 23.7. The van der Waals surface area contributed by atoms with Gasteiger partial charge in [-0.2, -0.15) is 0 Å². The van der Waals surface area contributed by atoms with Crippen molar-refractivity contribution in [1.29, 1.82) is 0 Å². The van der Waals surface area contributed by atoms with E-state index in [0.717, 1.165) is 6.42 Å². The Kier molecular flexibility index (Phi) is 5.73. The number of rotatable bonds is 4. The predicted octanol–water partition coefficient (Wildman–Crippen LogP) is 5.67. The van der Waals surface area contributed by atoms with Gasteiger partial charge >= 0.3 is 0 Å². The summed E-state index contributed by atoms with van der Waals surface area (Å²) >= 11 is 5.90. The van der Waals surface area contributed by atoms with E-state index in [1.807, 2.05) is 18.2 Å². The van der Waals surface area contributed by atoms with Crippen LogP contribution in [0.1, 0.15) is 41.1 Å². The van der Waals surface area contributed by atoms with Crippen molar-refractivity contribution in [3.05, 3.63) is 95.0 Å². The van der Waals surface area contributed by atoms with Gasteiger partial charge in [0, 0.05) is 16.3 Å². The summed E-state index contributed by atoms with van der Waals surface area (Å²) in [6.45, 7) is 0. The molecule has 0 unspecified atom stereocenters. The highest BCUT2D eigenvalue weighted by Crippen LogP contribution is 2.45. The van der Waals surface area contributed by atoms with Crippen molar-refractivity contribution >= 4 is 40.7 Å². The Morgan fingerprint density at radius 2 is 1.58 bits per heavy atom. The number of hydrogen-bond donors (Lipinski definition) is 1. The van der Waals surface area contributed by atoms with Crippen LogP contribution in [0.4, 0.5) is 11.4 Å². The fraction of sp³-hybridized carbons (Fsp3) is 0.222. The summed E-state index contributed by atoms with van der Waals surface area (Å²) in [6.07, 6.45) is 2.26. The van der Waals surface area contributed by atoms with Crippen molar-refractivity contribution in [3.8, 4) is 0 Å². The minimum absolute atomic E-state index is 0.160. The number of nitrogens with zero attached hydrogens (tertiary/aromatic N) is 1. The molecule has 0 radical (unpaired) electrons.